The molecule has 102 valence electrons. The number of hydrogen-bond acceptors (Lipinski definition) is 4. The third-order valence-corrected chi connectivity index (χ3v) is 9.23. The van der Waals surface area contributed by atoms with Gasteiger partial charge in [-0.3, -0.25) is 4.21 Å². The molecule has 0 radical (unpaired) electrons. The lowest BCUT2D eigenvalue weighted by molar-refractivity contribution is 0.669. The summed E-state index contributed by atoms with van der Waals surface area (Å²) in [6.45, 7) is 0. The van der Waals surface area contributed by atoms with Gasteiger partial charge in [0.1, 0.15) is 0 Å². The van der Waals surface area contributed by atoms with Crippen LogP contribution in [0.2, 0.25) is 0 Å². The normalized spacial score (nSPS) is 23.6. The van der Waals surface area contributed by atoms with Crippen molar-refractivity contribution in [1.29, 1.82) is 0 Å². The molecule has 2 bridgehead atoms. The van der Waals surface area contributed by atoms with E-state index >= 15 is 0 Å². The second-order valence-electron chi connectivity index (χ2n) is 4.44. The zero-order valence-corrected chi connectivity index (χ0v) is 13.6. The van der Waals surface area contributed by atoms with Crippen molar-refractivity contribution in [2.75, 3.05) is 11.5 Å². The van der Waals surface area contributed by atoms with Crippen LogP contribution in [0.3, 0.4) is 0 Å². The Bertz CT molecular complexity index is 770. The van der Waals surface area contributed by atoms with Crippen LogP contribution in [-0.4, -0.2) is 19.9 Å². The first kappa shape index (κ1) is 13.1. The molecule has 2 nitrogen and oxygen atoms in total. The lowest BCUT2D eigenvalue weighted by atomic mass is 10.3. The maximum Gasteiger partial charge on any atom is 0.0896 e. The summed E-state index contributed by atoms with van der Waals surface area (Å²) in [6, 6.07) is 11.8. The number of hydrogen-bond donors (Lipinski definition) is 0. The van der Waals surface area contributed by atoms with E-state index in [4.69, 9.17) is 0 Å². The molecule has 2 unspecified atom stereocenters. The van der Waals surface area contributed by atoms with Crippen LogP contribution in [0, 0.1) is 0 Å². The SMILES string of the molecule is O=S1CCSc2cccc3c2S(=O)c2c(cccc21)S3. The summed E-state index contributed by atoms with van der Waals surface area (Å²) in [6.07, 6.45) is 0. The Labute approximate surface area is 130 Å². The molecule has 0 N–H and O–H groups in total. The molecule has 0 saturated heterocycles. The monoisotopic (exact) mass is 338 g/mol. The topological polar surface area (TPSA) is 34.1 Å². The molecular weight excluding hydrogens is 328 g/mol. The fourth-order valence-corrected chi connectivity index (χ4v) is 8.60. The largest absolute Gasteiger partial charge is 0.254 e. The van der Waals surface area contributed by atoms with E-state index in [-0.39, 0.29) is 0 Å². The van der Waals surface area contributed by atoms with Gasteiger partial charge in [0.2, 0.25) is 0 Å². The van der Waals surface area contributed by atoms with Crippen LogP contribution in [0.1, 0.15) is 0 Å². The minimum Gasteiger partial charge on any atom is -0.254 e. The smallest absolute Gasteiger partial charge is 0.0896 e. The molecule has 0 spiro atoms. The number of rotatable bonds is 0. The van der Waals surface area contributed by atoms with Crippen LogP contribution in [0.15, 0.2) is 65.8 Å². The van der Waals surface area contributed by atoms with Crippen molar-refractivity contribution in [1.82, 2.24) is 0 Å². The molecule has 2 aliphatic heterocycles. The van der Waals surface area contributed by atoms with Gasteiger partial charge in [0, 0.05) is 26.2 Å². The van der Waals surface area contributed by atoms with Gasteiger partial charge in [-0.05, 0) is 24.3 Å². The van der Waals surface area contributed by atoms with Gasteiger partial charge >= 0.3 is 0 Å². The van der Waals surface area contributed by atoms with Crippen molar-refractivity contribution < 1.29 is 8.42 Å². The molecule has 2 aromatic carbocycles. The van der Waals surface area contributed by atoms with E-state index in [0.29, 0.717) is 5.75 Å². The Morgan fingerprint density at radius 3 is 2.45 bits per heavy atom. The molecule has 0 aromatic heterocycles. The fourth-order valence-electron chi connectivity index (χ4n) is 2.37. The first-order chi connectivity index (χ1) is 9.75. The van der Waals surface area contributed by atoms with Gasteiger partial charge in [0.05, 0.1) is 36.3 Å². The molecule has 2 atom stereocenters. The molecule has 0 amide bonds. The standard InChI is InChI=1S/C14H10O2S4/c15-19-8-7-17-9-3-1-4-10-13(9)20(16)14-11(18-10)5-2-6-12(14)19/h1-6H,7-8H2. The molecule has 0 aliphatic carbocycles. The summed E-state index contributed by atoms with van der Waals surface area (Å²) >= 11 is 3.29. The van der Waals surface area contributed by atoms with Crippen LogP contribution < -0.4 is 0 Å². The second-order valence-corrected chi connectivity index (χ2v) is 9.55. The molecule has 0 saturated carbocycles. The van der Waals surface area contributed by atoms with Crippen molar-refractivity contribution >= 4 is 45.1 Å². The lowest BCUT2D eigenvalue weighted by Crippen LogP contribution is -2.08. The molecule has 2 aromatic rings. The number of benzene rings is 2. The predicted molar refractivity (Wildman–Crippen MR) is 83.7 cm³/mol. The predicted octanol–water partition coefficient (Wildman–Crippen LogP) is 3.53. The first-order valence-electron chi connectivity index (χ1n) is 6.12. The van der Waals surface area contributed by atoms with E-state index in [9.17, 15) is 8.42 Å². The minimum absolute atomic E-state index is 0.604. The van der Waals surface area contributed by atoms with Crippen molar-refractivity contribution in [3.05, 3.63) is 36.4 Å². The van der Waals surface area contributed by atoms with Crippen LogP contribution in [0.25, 0.3) is 0 Å². The van der Waals surface area contributed by atoms with Crippen LogP contribution in [-0.2, 0) is 21.6 Å². The van der Waals surface area contributed by atoms with Gasteiger partial charge in [-0.15, -0.1) is 11.8 Å². The Balaban J connectivity index is 2.08. The molecule has 2 aliphatic rings. The third kappa shape index (κ3) is 1.93. The highest BCUT2D eigenvalue weighted by Crippen LogP contribution is 2.48. The summed E-state index contributed by atoms with van der Waals surface area (Å²) < 4.78 is 25.4. The molecular formula is C14H10O2S4. The minimum atomic E-state index is -1.23. The fraction of sp³-hybridized carbons (Fsp3) is 0.143. The van der Waals surface area contributed by atoms with Gasteiger partial charge in [0.25, 0.3) is 0 Å². The molecule has 2 heterocycles. The average Bonchev–Trinajstić information content (AvgIpc) is 2.50. The van der Waals surface area contributed by atoms with Gasteiger partial charge in [-0.2, -0.15) is 0 Å². The third-order valence-electron chi connectivity index (χ3n) is 3.25. The van der Waals surface area contributed by atoms with E-state index < -0.39 is 21.6 Å². The second kappa shape index (κ2) is 5.02. The molecule has 20 heavy (non-hydrogen) atoms. The maximum absolute atomic E-state index is 13.0. The average molecular weight is 339 g/mol. The summed E-state index contributed by atoms with van der Waals surface area (Å²) in [5.41, 5.74) is 0. The molecule has 4 rings (SSSR count). The van der Waals surface area contributed by atoms with Gasteiger partial charge in [-0.1, -0.05) is 23.9 Å². The zero-order valence-electron chi connectivity index (χ0n) is 10.3. The van der Waals surface area contributed by atoms with Crippen molar-refractivity contribution in [3.63, 3.8) is 0 Å². The van der Waals surface area contributed by atoms with E-state index in [0.717, 1.165) is 35.1 Å². The van der Waals surface area contributed by atoms with Crippen LogP contribution in [0.5, 0.6) is 0 Å². The van der Waals surface area contributed by atoms with E-state index in [1.54, 1.807) is 23.5 Å². The Hall–Kier alpha value is -0.560. The summed E-state index contributed by atoms with van der Waals surface area (Å²) in [4.78, 5) is 5.51. The van der Waals surface area contributed by atoms with Crippen LogP contribution >= 0.6 is 23.5 Å². The quantitative estimate of drug-likeness (QED) is 0.628. The maximum atomic E-state index is 13.0. The van der Waals surface area contributed by atoms with Gasteiger partial charge in [0.15, 0.2) is 0 Å². The molecule has 0 fully saturated rings. The van der Waals surface area contributed by atoms with Gasteiger partial charge in [-0.25, -0.2) is 4.21 Å². The Morgan fingerprint density at radius 2 is 1.60 bits per heavy atom. The highest BCUT2D eigenvalue weighted by Gasteiger charge is 2.30. The lowest BCUT2D eigenvalue weighted by Gasteiger charge is -2.21. The van der Waals surface area contributed by atoms with Gasteiger partial charge < -0.3 is 0 Å². The summed E-state index contributed by atoms with van der Waals surface area (Å²) in [5, 5.41) is 0. The van der Waals surface area contributed by atoms with Crippen molar-refractivity contribution in [3.8, 4) is 0 Å². The summed E-state index contributed by atoms with van der Waals surface area (Å²) in [5.74, 6) is 1.39. The Morgan fingerprint density at radius 1 is 0.900 bits per heavy atom. The van der Waals surface area contributed by atoms with E-state index in [1.807, 2.05) is 36.4 Å². The van der Waals surface area contributed by atoms with Crippen LogP contribution in [0.4, 0.5) is 0 Å². The van der Waals surface area contributed by atoms with Crippen molar-refractivity contribution in [2.24, 2.45) is 0 Å². The summed E-state index contributed by atoms with van der Waals surface area (Å²) in [7, 11) is -2.30. The number of thioether (sulfide) groups is 1. The highest BCUT2D eigenvalue weighted by atomic mass is 32.2. The highest BCUT2D eigenvalue weighted by molar-refractivity contribution is 8.03. The zero-order chi connectivity index (χ0) is 13.7. The first-order valence-corrected chi connectivity index (χ1v) is 10.4. The van der Waals surface area contributed by atoms with Crippen molar-refractivity contribution in [2.45, 2.75) is 29.4 Å². The Kier molecular flexibility index (Phi) is 3.29. The van der Waals surface area contributed by atoms with E-state index in [2.05, 4.69) is 0 Å². The molecule has 6 heteroatoms. The van der Waals surface area contributed by atoms with E-state index in [1.165, 1.54) is 0 Å².